The summed E-state index contributed by atoms with van der Waals surface area (Å²) < 4.78 is 76.0. The molecule has 58 heavy (non-hydrogen) atoms. The van der Waals surface area contributed by atoms with Gasteiger partial charge in [0, 0.05) is 32.5 Å². The summed E-state index contributed by atoms with van der Waals surface area (Å²) in [5.74, 6) is -1.68. The Morgan fingerprint density at radius 1 is 0.862 bits per heavy atom. The van der Waals surface area contributed by atoms with Crippen LogP contribution in [0.2, 0.25) is 0 Å². The first kappa shape index (κ1) is 46.8. The van der Waals surface area contributed by atoms with E-state index in [-0.39, 0.29) is 49.7 Å². The third-order valence-electron chi connectivity index (χ3n) is 15.9. The number of rotatable bonds is 15. The van der Waals surface area contributed by atoms with E-state index < -0.39 is 125 Å². The lowest BCUT2D eigenvalue weighted by Crippen LogP contribution is -2.71. The van der Waals surface area contributed by atoms with Gasteiger partial charge < -0.3 is 68.7 Å². The standard InChI is InChI=1S/C40H70O17S/c1-19(2)21(17-53-37-34(31(45)26(16-41)55-37)56-36-33(52-7)32(46)27(51-6)18-54-36)9-8-20(3)22-14-24(43)35-38(22,4)13-11-28-39(5)12-10-23(42)30(44)29(39)25(15-40(28,35)47)57-58(48,49)50/h19-37,41-47H,8-18H2,1-7H3,(H,48,49,50)/p-1/t20-,21-,22-,23+,24-,25+,26?,27?,28?,29?,30+,31?,32?,33?,34?,35?,36?,37?,38-,39-,40+/m1/s1. The molecule has 338 valence electrons. The number of hydrogen-bond donors (Lipinski definition) is 7. The fraction of sp³-hybridized carbons (Fsp3) is 1.00. The zero-order valence-electron chi connectivity index (χ0n) is 34.9. The Morgan fingerprint density at radius 3 is 2.17 bits per heavy atom. The molecule has 6 rings (SSSR count). The first-order chi connectivity index (χ1) is 27.1. The van der Waals surface area contributed by atoms with Gasteiger partial charge in [-0.3, -0.25) is 4.18 Å². The third kappa shape index (κ3) is 8.54. The summed E-state index contributed by atoms with van der Waals surface area (Å²) in [7, 11) is -2.37. The number of ether oxygens (including phenoxy) is 6. The van der Waals surface area contributed by atoms with Crippen LogP contribution in [0.4, 0.5) is 0 Å². The van der Waals surface area contributed by atoms with Gasteiger partial charge >= 0.3 is 0 Å². The Balaban J connectivity index is 1.13. The summed E-state index contributed by atoms with van der Waals surface area (Å²) in [4.78, 5) is 0. The van der Waals surface area contributed by atoms with Crippen LogP contribution in [0.15, 0.2) is 0 Å². The Kier molecular flexibility index (Phi) is 14.4. The average molecular weight is 854 g/mol. The molecule has 6 aliphatic rings. The molecule has 0 amide bonds. The van der Waals surface area contributed by atoms with Crippen molar-refractivity contribution in [3.63, 3.8) is 0 Å². The van der Waals surface area contributed by atoms with Gasteiger partial charge in [0.1, 0.15) is 36.6 Å². The first-order valence-corrected chi connectivity index (χ1v) is 22.5. The molecule has 0 spiro atoms. The molecule has 0 aromatic carbocycles. The largest absolute Gasteiger partial charge is 0.726 e. The molecule has 0 bridgehead atoms. The molecule has 11 unspecified atom stereocenters. The molecule has 4 aliphatic carbocycles. The monoisotopic (exact) mass is 853 g/mol. The van der Waals surface area contributed by atoms with Crippen LogP contribution in [0.5, 0.6) is 0 Å². The lowest BCUT2D eigenvalue weighted by atomic mass is 9.41. The summed E-state index contributed by atoms with van der Waals surface area (Å²) in [5.41, 5.74) is -3.00. The fourth-order valence-corrected chi connectivity index (χ4v) is 13.3. The van der Waals surface area contributed by atoms with Crippen molar-refractivity contribution in [2.75, 3.05) is 34.0 Å². The minimum atomic E-state index is -5.23. The van der Waals surface area contributed by atoms with Crippen molar-refractivity contribution < 1.29 is 81.3 Å². The summed E-state index contributed by atoms with van der Waals surface area (Å²) >= 11 is 0. The van der Waals surface area contributed by atoms with Crippen molar-refractivity contribution >= 4 is 10.4 Å². The molecule has 2 aliphatic heterocycles. The van der Waals surface area contributed by atoms with Crippen LogP contribution >= 0.6 is 0 Å². The topological polar surface area (TPSA) is 263 Å². The number of hydrogen-bond acceptors (Lipinski definition) is 17. The van der Waals surface area contributed by atoms with Gasteiger partial charge in [0.2, 0.25) is 10.4 Å². The van der Waals surface area contributed by atoms with E-state index in [1.54, 1.807) is 0 Å². The maximum atomic E-state index is 12.8. The summed E-state index contributed by atoms with van der Waals surface area (Å²) in [6.07, 6.45) is -9.23. The van der Waals surface area contributed by atoms with Gasteiger partial charge in [-0.2, -0.15) is 0 Å². The Bertz CT molecular complexity index is 1490. The van der Waals surface area contributed by atoms with Gasteiger partial charge in [-0.25, -0.2) is 8.42 Å². The molecule has 6 fully saturated rings. The van der Waals surface area contributed by atoms with Gasteiger partial charge in [-0.05, 0) is 78.9 Å². The maximum absolute atomic E-state index is 12.8. The highest BCUT2D eigenvalue weighted by Crippen LogP contribution is 2.70. The lowest BCUT2D eigenvalue weighted by Gasteiger charge is -2.67. The van der Waals surface area contributed by atoms with E-state index in [0.717, 1.165) is 12.8 Å². The summed E-state index contributed by atoms with van der Waals surface area (Å²) in [6.45, 7) is 10.1. The number of aliphatic hydroxyl groups is 7. The molecule has 2 heterocycles. The molecule has 0 aromatic rings. The minimum absolute atomic E-state index is 0.00759. The van der Waals surface area contributed by atoms with Crippen molar-refractivity contribution in [1.29, 1.82) is 0 Å². The normalized spacial score (nSPS) is 49.3. The predicted molar refractivity (Wildman–Crippen MR) is 202 cm³/mol. The predicted octanol–water partition coefficient (Wildman–Crippen LogP) is 0.434. The average Bonchev–Trinajstić information content (AvgIpc) is 3.60. The van der Waals surface area contributed by atoms with E-state index in [2.05, 4.69) is 27.7 Å². The van der Waals surface area contributed by atoms with E-state index in [0.29, 0.717) is 25.7 Å². The molecular formula is C40H69O17S-. The van der Waals surface area contributed by atoms with E-state index in [1.807, 2.05) is 6.92 Å². The smallest absolute Gasteiger partial charge is 0.217 e. The number of methoxy groups -OCH3 is 2. The third-order valence-corrected chi connectivity index (χ3v) is 16.4. The minimum Gasteiger partial charge on any atom is -0.726 e. The molecule has 7 N–H and O–H groups in total. The summed E-state index contributed by atoms with van der Waals surface area (Å²) in [5, 5.41) is 78.2. The zero-order valence-corrected chi connectivity index (χ0v) is 35.7. The Labute approximate surface area is 342 Å². The van der Waals surface area contributed by atoms with Crippen LogP contribution in [0.3, 0.4) is 0 Å². The molecule has 2 saturated heterocycles. The SMILES string of the molecule is COC1COC(OC2C(OC[C@@H](CC[C@@H](C)[C@H]3C[C@@H](O)C4[C@]5(O)C[C@H](OS(=O)(=O)[O-])C6[C@@H](O)[C@@H](O)CC[C@]6(C)C5CC[C@@]43C)C(C)C)OC(CO)C2O)C(OC)C1O. The second-order valence-electron chi connectivity index (χ2n) is 19.2. The first-order valence-electron chi connectivity index (χ1n) is 21.1. The van der Waals surface area contributed by atoms with E-state index in [9.17, 15) is 48.7 Å². The lowest BCUT2D eigenvalue weighted by molar-refractivity contribution is -0.310. The van der Waals surface area contributed by atoms with Crippen LogP contribution in [0.1, 0.15) is 86.0 Å². The van der Waals surface area contributed by atoms with E-state index in [1.165, 1.54) is 14.2 Å². The Hall–Kier alpha value is -0.650. The van der Waals surface area contributed by atoms with Gasteiger partial charge in [0.15, 0.2) is 12.6 Å². The van der Waals surface area contributed by atoms with Crippen molar-refractivity contribution in [1.82, 2.24) is 0 Å². The highest BCUT2D eigenvalue weighted by atomic mass is 32.3. The second kappa shape index (κ2) is 17.8. The summed E-state index contributed by atoms with van der Waals surface area (Å²) in [6, 6.07) is 0. The van der Waals surface area contributed by atoms with Crippen molar-refractivity contribution in [3.05, 3.63) is 0 Å². The zero-order chi connectivity index (χ0) is 42.7. The Morgan fingerprint density at radius 2 is 1.55 bits per heavy atom. The number of fused-ring (bicyclic) bond motifs is 5. The molecule has 0 aromatic heterocycles. The fourth-order valence-electron chi connectivity index (χ4n) is 12.8. The maximum Gasteiger partial charge on any atom is 0.217 e. The van der Waals surface area contributed by atoms with Crippen LogP contribution in [0, 0.1) is 52.3 Å². The van der Waals surface area contributed by atoms with Gasteiger partial charge in [0.25, 0.3) is 0 Å². The van der Waals surface area contributed by atoms with E-state index in [4.69, 9.17) is 32.6 Å². The van der Waals surface area contributed by atoms with Crippen molar-refractivity contribution in [3.8, 4) is 0 Å². The molecule has 21 atom stereocenters. The molecule has 4 saturated carbocycles. The van der Waals surface area contributed by atoms with Crippen molar-refractivity contribution in [2.45, 2.75) is 165 Å². The molecule has 0 radical (unpaired) electrons. The van der Waals surface area contributed by atoms with Gasteiger partial charge in [-0.1, -0.05) is 41.0 Å². The highest BCUT2D eigenvalue weighted by Gasteiger charge is 2.72. The van der Waals surface area contributed by atoms with Gasteiger partial charge in [-0.15, -0.1) is 0 Å². The van der Waals surface area contributed by atoms with Gasteiger partial charge in [0.05, 0.1) is 49.8 Å². The molecule has 18 heteroatoms. The van der Waals surface area contributed by atoms with Crippen LogP contribution < -0.4 is 0 Å². The van der Waals surface area contributed by atoms with E-state index >= 15 is 0 Å². The number of aliphatic hydroxyl groups excluding tert-OH is 6. The second-order valence-corrected chi connectivity index (χ2v) is 20.2. The van der Waals surface area contributed by atoms with Crippen LogP contribution in [0.25, 0.3) is 0 Å². The highest BCUT2D eigenvalue weighted by molar-refractivity contribution is 7.80. The molecule has 17 nitrogen and oxygen atoms in total. The van der Waals surface area contributed by atoms with Crippen LogP contribution in [-0.2, 0) is 43.0 Å². The molecular weight excluding hydrogens is 784 g/mol. The van der Waals surface area contributed by atoms with Crippen molar-refractivity contribution in [2.24, 2.45) is 52.3 Å². The van der Waals surface area contributed by atoms with Crippen LogP contribution in [-0.4, -0.2) is 162 Å². The quantitative estimate of drug-likeness (QED) is 0.0870.